The van der Waals surface area contributed by atoms with Crippen molar-refractivity contribution in [1.29, 1.82) is 0 Å². The lowest BCUT2D eigenvalue weighted by Gasteiger charge is -2.21. The summed E-state index contributed by atoms with van der Waals surface area (Å²) in [5.74, 6) is -3.67. The van der Waals surface area contributed by atoms with Crippen LogP contribution in [0.1, 0.15) is 49.9 Å². The molecule has 2 aliphatic rings. The Hall–Kier alpha value is -1.89. The van der Waals surface area contributed by atoms with Crippen LogP contribution in [0.4, 0.5) is 24.7 Å². The summed E-state index contributed by atoms with van der Waals surface area (Å²) in [7, 11) is 0. The first kappa shape index (κ1) is 16.6. The Morgan fingerprint density at radius 3 is 2.60 bits per heavy atom. The van der Waals surface area contributed by atoms with E-state index in [0.717, 1.165) is 24.1 Å². The van der Waals surface area contributed by atoms with Gasteiger partial charge in [0.25, 0.3) is 0 Å². The highest BCUT2D eigenvalue weighted by Crippen LogP contribution is 2.58. The lowest BCUT2D eigenvalue weighted by molar-refractivity contribution is 0.00735. The number of halogens is 4. The number of anilines is 2. The minimum atomic E-state index is -3.25. The first-order chi connectivity index (χ1) is 11.7. The summed E-state index contributed by atoms with van der Waals surface area (Å²) in [6, 6.07) is 3.13. The van der Waals surface area contributed by atoms with Crippen LogP contribution in [-0.2, 0) is 11.3 Å². The van der Waals surface area contributed by atoms with Crippen molar-refractivity contribution in [3.05, 3.63) is 40.6 Å². The van der Waals surface area contributed by atoms with E-state index in [0.29, 0.717) is 18.6 Å². The molecule has 1 fully saturated rings. The lowest BCUT2D eigenvalue weighted by Crippen LogP contribution is -2.23. The second-order valence-corrected chi connectivity index (χ2v) is 7.26. The molecule has 25 heavy (non-hydrogen) atoms. The number of alkyl halides is 3. The Bertz CT molecular complexity index is 846. The molecule has 4 rings (SSSR count). The molecule has 4 nitrogen and oxygen atoms in total. The van der Waals surface area contributed by atoms with Gasteiger partial charge in [0, 0.05) is 36.7 Å². The molecule has 2 aromatic heterocycles. The number of aromatic nitrogens is 3. The zero-order valence-electron chi connectivity index (χ0n) is 13.7. The molecule has 0 bridgehead atoms. The Morgan fingerprint density at radius 2 is 2.00 bits per heavy atom. The molecular formula is C17H16ClF3N4. The SMILES string of the molecule is CC(F)c1cc(N2CC3(CC3)c3cnc(Cl)cc32)nc(C(C)(F)F)n1. The van der Waals surface area contributed by atoms with Gasteiger partial charge in [-0.1, -0.05) is 11.6 Å². The zero-order valence-corrected chi connectivity index (χ0v) is 14.5. The van der Waals surface area contributed by atoms with Gasteiger partial charge in [0.05, 0.1) is 11.4 Å². The summed E-state index contributed by atoms with van der Waals surface area (Å²) >= 11 is 6.02. The van der Waals surface area contributed by atoms with Crippen molar-refractivity contribution in [2.75, 3.05) is 11.4 Å². The van der Waals surface area contributed by atoms with Crippen molar-refractivity contribution in [3.8, 4) is 0 Å². The van der Waals surface area contributed by atoms with Crippen LogP contribution in [0.25, 0.3) is 0 Å². The standard InChI is InChI=1S/C17H16ClF3N4/c1-9(19)11-5-14(24-15(23-11)16(2,20)21)25-8-17(3-4-17)10-7-22-13(18)6-12(10)25/h5-7,9H,3-4,8H2,1-2H3. The van der Waals surface area contributed by atoms with Gasteiger partial charge in [-0.05, 0) is 25.8 Å². The van der Waals surface area contributed by atoms with E-state index < -0.39 is 17.9 Å². The fourth-order valence-electron chi connectivity index (χ4n) is 3.30. The number of fused-ring (bicyclic) bond motifs is 2. The molecule has 1 unspecified atom stereocenters. The van der Waals surface area contributed by atoms with Crippen molar-refractivity contribution < 1.29 is 13.2 Å². The second kappa shape index (κ2) is 5.30. The highest BCUT2D eigenvalue weighted by atomic mass is 35.5. The van der Waals surface area contributed by atoms with Crippen molar-refractivity contribution in [2.45, 2.75) is 44.2 Å². The van der Waals surface area contributed by atoms with E-state index in [9.17, 15) is 13.2 Å². The number of hydrogen-bond acceptors (Lipinski definition) is 4. The third-order valence-electron chi connectivity index (χ3n) is 4.83. The largest absolute Gasteiger partial charge is 0.325 e. The Balaban J connectivity index is 1.86. The molecule has 3 heterocycles. The molecule has 2 aromatic rings. The van der Waals surface area contributed by atoms with E-state index in [1.165, 1.54) is 13.0 Å². The van der Waals surface area contributed by atoms with E-state index in [4.69, 9.17) is 11.6 Å². The van der Waals surface area contributed by atoms with Crippen molar-refractivity contribution in [1.82, 2.24) is 15.0 Å². The summed E-state index contributed by atoms with van der Waals surface area (Å²) in [6.45, 7) is 2.57. The number of rotatable bonds is 3. The minimum Gasteiger partial charge on any atom is -0.325 e. The van der Waals surface area contributed by atoms with E-state index in [1.807, 2.05) is 4.90 Å². The molecule has 1 atom stereocenters. The normalized spacial score (nSPS) is 19.2. The second-order valence-electron chi connectivity index (χ2n) is 6.87. The van der Waals surface area contributed by atoms with Crippen LogP contribution < -0.4 is 4.90 Å². The number of nitrogens with zero attached hydrogens (tertiary/aromatic N) is 4. The van der Waals surface area contributed by atoms with Crippen LogP contribution in [0.2, 0.25) is 5.15 Å². The van der Waals surface area contributed by atoms with Gasteiger partial charge in [-0.3, -0.25) is 0 Å². The van der Waals surface area contributed by atoms with Gasteiger partial charge in [-0.15, -0.1) is 0 Å². The van der Waals surface area contributed by atoms with Gasteiger partial charge in [-0.2, -0.15) is 8.78 Å². The average Bonchev–Trinajstić information content (AvgIpc) is 3.24. The molecule has 0 saturated heterocycles. The third-order valence-corrected chi connectivity index (χ3v) is 5.04. The molecule has 8 heteroatoms. The first-order valence-corrected chi connectivity index (χ1v) is 8.42. The van der Waals surface area contributed by atoms with E-state index >= 15 is 0 Å². The van der Waals surface area contributed by atoms with E-state index in [2.05, 4.69) is 15.0 Å². The number of pyridine rings is 1. The van der Waals surface area contributed by atoms with Crippen molar-refractivity contribution >= 4 is 23.1 Å². The fraction of sp³-hybridized carbons (Fsp3) is 0.471. The lowest BCUT2D eigenvalue weighted by atomic mass is 10.0. The highest BCUT2D eigenvalue weighted by Gasteiger charge is 2.52. The molecular weight excluding hydrogens is 353 g/mol. The minimum absolute atomic E-state index is 0.0335. The molecule has 1 aliphatic heterocycles. The van der Waals surface area contributed by atoms with E-state index in [-0.39, 0.29) is 16.9 Å². The van der Waals surface area contributed by atoms with Crippen LogP contribution in [0, 0.1) is 0 Å². The van der Waals surface area contributed by atoms with Gasteiger partial charge >= 0.3 is 5.92 Å². The topological polar surface area (TPSA) is 41.9 Å². The summed E-state index contributed by atoms with van der Waals surface area (Å²) < 4.78 is 41.4. The highest BCUT2D eigenvalue weighted by molar-refractivity contribution is 6.29. The maximum atomic E-state index is 13.8. The monoisotopic (exact) mass is 368 g/mol. The molecule has 0 radical (unpaired) electrons. The van der Waals surface area contributed by atoms with Crippen LogP contribution in [0.5, 0.6) is 0 Å². The Morgan fingerprint density at radius 1 is 1.28 bits per heavy atom. The average molecular weight is 369 g/mol. The molecule has 1 aliphatic carbocycles. The summed E-state index contributed by atoms with van der Waals surface area (Å²) in [4.78, 5) is 13.7. The summed E-state index contributed by atoms with van der Waals surface area (Å²) in [5.41, 5.74) is 1.74. The third kappa shape index (κ3) is 2.74. The quantitative estimate of drug-likeness (QED) is 0.726. The van der Waals surface area contributed by atoms with Crippen molar-refractivity contribution in [3.63, 3.8) is 0 Å². The van der Waals surface area contributed by atoms with Gasteiger partial charge < -0.3 is 4.90 Å². The summed E-state index contributed by atoms with van der Waals surface area (Å²) in [6.07, 6.45) is 2.25. The molecule has 1 saturated carbocycles. The predicted molar refractivity (Wildman–Crippen MR) is 88.3 cm³/mol. The van der Waals surface area contributed by atoms with Gasteiger partial charge in [0.1, 0.15) is 17.1 Å². The maximum Gasteiger partial charge on any atom is 0.303 e. The zero-order chi connectivity index (χ0) is 18.0. The maximum absolute atomic E-state index is 13.8. The molecule has 1 spiro atoms. The molecule has 132 valence electrons. The fourth-order valence-corrected chi connectivity index (χ4v) is 3.45. The molecule has 0 N–H and O–H groups in total. The predicted octanol–water partition coefficient (Wildman–Crippen LogP) is 4.85. The van der Waals surface area contributed by atoms with Crippen LogP contribution >= 0.6 is 11.6 Å². The van der Waals surface area contributed by atoms with Crippen molar-refractivity contribution in [2.24, 2.45) is 0 Å². The first-order valence-electron chi connectivity index (χ1n) is 8.04. The van der Waals surface area contributed by atoms with Gasteiger partial charge in [0.2, 0.25) is 5.82 Å². The summed E-state index contributed by atoms with van der Waals surface area (Å²) in [5, 5.41) is 0.315. The van der Waals surface area contributed by atoms with Gasteiger partial charge in [0.15, 0.2) is 0 Å². The van der Waals surface area contributed by atoms with E-state index in [1.54, 1.807) is 12.3 Å². The smallest absolute Gasteiger partial charge is 0.303 e. The molecule has 0 aromatic carbocycles. The Kier molecular flexibility index (Phi) is 3.51. The van der Waals surface area contributed by atoms with Gasteiger partial charge in [-0.25, -0.2) is 19.3 Å². The number of hydrogen-bond donors (Lipinski definition) is 0. The molecule has 0 amide bonds. The van der Waals surface area contributed by atoms with Crippen LogP contribution in [0.15, 0.2) is 18.3 Å². The Labute approximate surface area is 148 Å². The van der Waals surface area contributed by atoms with Crippen LogP contribution in [-0.4, -0.2) is 21.5 Å². The van der Waals surface area contributed by atoms with Crippen LogP contribution in [0.3, 0.4) is 0 Å².